The van der Waals surface area contributed by atoms with E-state index in [4.69, 9.17) is 4.74 Å². The van der Waals surface area contributed by atoms with Gasteiger partial charge in [-0.25, -0.2) is 4.79 Å². The smallest absolute Gasteiger partial charge is 0.330 e. The standard InChI is InChI=1S/C8H12O2S2.CH4/c1-3-7(9)10-4-8-11-5-6(2)12-8;/h3,6,8H,1,4-5H2,2H3;1H4. The molecule has 2 nitrogen and oxygen atoms in total. The third-order valence-corrected chi connectivity index (χ3v) is 4.65. The Hall–Kier alpha value is -0.0900. The molecule has 1 fully saturated rings. The molecule has 1 heterocycles. The maximum atomic E-state index is 10.7. The zero-order chi connectivity index (χ0) is 8.97. The zero-order valence-corrected chi connectivity index (χ0v) is 8.62. The van der Waals surface area contributed by atoms with E-state index in [-0.39, 0.29) is 13.4 Å². The minimum absolute atomic E-state index is 0. The predicted octanol–water partition coefficient (Wildman–Crippen LogP) is 2.55. The SMILES string of the molecule is C.C=CC(=O)OCC1SCC(C)S1. The van der Waals surface area contributed by atoms with Crippen molar-refractivity contribution in [2.75, 3.05) is 12.4 Å². The Labute approximate surface area is 88.5 Å². The molecule has 0 aliphatic carbocycles. The van der Waals surface area contributed by atoms with Crippen LogP contribution in [-0.2, 0) is 9.53 Å². The second kappa shape index (κ2) is 6.38. The Morgan fingerprint density at radius 1 is 1.77 bits per heavy atom. The average molecular weight is 220 g/mol. The molecule has 0 aromatic heterocycles. The Morgan fingerprint density at radius 3 is 2.92 bits per heavy atom. The topological polar surface area (TPSA) is 26.3 Å². The molecule has 1 rings (SSSR count). The van der Waals surface area contributed by atoms with Gasteiger partial charge in [0.1, 0.15) is 6.61 Å². The van der Waals surface area contributed by atoms with E-state index in [2.05, 4.69) is 13.5 Å². The summed E-state index contributed by atoms with van der Waals surface area (Å²) >= 11 is 3.72. The number of rotatable bonds is 3. The monoisotopic (exact) mass is 220 g/mol. The van der Waals surface area contributed by atoms with Crippen LogP contribution in [0.2, 0.25) is 0 Å². The molecular formula is C9H16O2S2. The molecule has 76 valence electrons. The first-order valence-electron chi connectivity index (χ1n) is 3.78. The number of ether oxygens (including phenoxy) is 1. The van der Waals surface area contributed by atoms with E-state index >= 15 is 0 Å². The van der Waals surface area contributed by atoms with E-state index in [1.165, 1.54) is 6.08 Å². The van der Waals surface area contributed by atoms with Crippen molar-refractivity contribution in [1.82, 2.24) is 0 Å². The minimum atomic E-state index is -0.323. The van der Waals surface area contributed by atoms with Crippen LogP contribution in [0, 0.1) is 0 Å². The lowest BCUT2D eigenvalue weighted by Gasteiger charge is -2.07. The summed E-state index contributed by atoms with van der Waals surface area (Å²) in [5.41, 5.74) is 0. The highest BCUT2D eigenvalue weighted by atomic mass is 32.2. The van der Waals surface area contributed by atoms with E-state index in [1.807, 2.05) is 23.5 Å². The van der Waals surface area contributed by atoms with Gasteiger partial charge in [-0.3, -0.25) is 0 Å². The van der Waals surface area contributed by atoms with Gasteiger partial charge in [-0.1, -0.05) is 20.9 Å². The molecule has 0 radical (unpaired) electrons. The number of carbonyl (C=O) groups excluding carboxylic acids is 1. The van der Waals surface area contributed by atoms with Crippen LogP contribution in [0.3, 0.4) is 0 Å². The molecule has 1 aliphatic rings. The molecule has 0 amide bonds. The van der Waals surface area contributed by atoms with Crippen molar-refractivity contribution in [2.24, 2.45) is 0 Å². The first-order valence-corrected chi connectivity index (χ1v) is 5.78. The molecule has 0 aromatic rings. The molecule has 0 N–H and O–H groups in total. The van der Waals surface area contributed by atoms with E-state index in [1.54, 1.807) is 0 Å². The molecule has 0 bridgehead atoms. The van der Waals surface area contributed by atoms with Crippen molar-refractivity contribution in [2.45, 2.75) is 24.2 Å². The van der Waals surface area contributed by atoms with Crippen LogP contribution >= 0.6 is 23.5 Å². The number of hydrogen-bond acceptors (Lipinski definition) is 4. The second-order valence-corrected chi connectivity index (χ2v) is 5.72. The van der Waals surface area contributed by atoms with Crippen molar-refractivity contribution in [1.29, 1.82) is 0 Å². The number of carbonyl (C=O) groups is 1. The average Bonchev–Trinajstić information content (AvgIpc) is 2.47. The summed E-state index contributed by atoms with van der Waals surface area (Å²) in [6.45, 7) is 6.02. The van der Waals surface area contributed by atoms with Crippen LogP contribution in [0.15, 0.2) is 12.7 Å². The molecule has 13 heavy (non-hydrogen) atoms. The van der Waals surface area contributed by atoms with E-state index < -0.39 is 0 Å². The molecule has 2 unspecified atom stereocenters. The molecule has 0 spiro atoms. The quantitative estimate of drug-likeness (QED) is 0.539. The largest absolute Gasteiger partial charge is 0.460 e. The number of thioether (sulfide) groups is 2. The van der Waals surface area contributed by atoms with E-state index in [9.17, 15) is 4.79 Å². The lowest BCUT2D eigenvalue weighted by atomic mass is 10.6. The fourth-order valence-corrected chi connectivity index (χ4v) is 3.86. The molecule has 4 heteroatoms. The molecule has 0 saturated carbocycles. The first-order chi connectivity index (χ1) is 5.72. The fraction of sp³-hybridized carbons (Fsp3) is 0.667. The van der Waals surface area contributed by atoms with Crippen molar-refractivity contribution in [3.8, 4) is 0 Å². The number of hydrogen-bond donors (Lipinski definition) is 0. The Bertz CT molecular complexity index is 182. The number of esters is 1. The molecule has 1 saturated heterocycles. The van der Waals surface area contributed by atoms with Gasteiger partial charge >= 0.3 is 5.97 Å². The van der Waals surface area contributed by atoms with Gasteiger partial charge < -0.3 is 4.74 Å². The summed E-state index contributed by atoms with van der Waals surface area (Å²) in [4.78, 5) is 10.7. The maximum absolute atomic E-state index is 10.7. The van der Waals surface area contributed by atoms with Crippen LogP contribution in [0.4, 0.5) is 0 Å². The van der Waals surface area contributed by atoms with Gasteiger partial charge in [-0.05, 0) is 0 Å². The predicted molar refractivity (Wildman–Crippen MR) is 61.2 cm³/mol. The second-order valence-electron chi connectivity index (χ2n) is 2.54. The van der Waals surface area contributed by atoms with Gasteiger partial charge in [0.25, 0.3) is 0 Å². The highest BCUT2D eigenvalue weighted by Gasteiger charge is 2.23. The van der Waals surface area contributed by atoms with Gasteiger partial charge in [-0.15, -0.1) is 23.5 Å². The summed E-state index contributed by atoms with van der Waals surface area (Å²) in [6, 6.07) is 0. The van der Waals surface area contributed by atoms with E-state index in [0.29, 0.717) is 16.4 Å². The molecule has 0 aromatic carbocycles. The minimum Gasteiger partial charge on any atom is -0.460 e. The van der Waals surface area contributed by atoms with Crippen LogP contribution in [0.1, 0.15) is 14.4 Å². The van der Waals surface area contributed by atoms with Crippen molar-refractivity contribution in [3.05, 3.63) is 12.7 Å². The third-order valence-electron chi connectivity index (χ3n) is 1.43. The molecule has 2 atom stereocenters. The van der Waals surface area contributed by atoms with Crippen molar-refractivity contribution >= 4 is 29.5 Å². The maximum Gasteiger partial charge on any atom is 0.330 e. The van der Waals surface area contributed by atoms with Gasteiger partial charge in [-0.2, -0.15) is 0 Å². The highest BCUT2D eigenvalue weighted by Crippen LogP contribution is 2.37. The zero-order valence-electron chi connectivity index (χ0n) is 6.99. The van der Waals surface area contributed by atoms with E-state index in [0.717, 1.165) is 5.75 Å². The van der Waals surface area contributed by atoms with Gasteiger partial charge in [0.2, 0.25) is 0 Å². The first kappa shape index (κ1) is 12.9. The summed E-state index contributed by atoms with van der Waals surface area (Å²) in [5.74, 6) is 0.830. The summed E-state index contributed by atoms with van der Waals surface area (Å²) in [5, 5.41) is 0.683. The summed E-state index contributed by atoms with van der Waals surface area (Å²) in [7, 11) is 0. The van der Waals surface area contributed by atoms with Crippen LogP contribution < -0.4 is 0 Å². The van der Waals surface area contributed by atoms with Crippen LogP contribution in [-0.4, -0.2) is 28.2 Å². The van der Waals surface area contributed by atoms with Crippen LogP contribution in [0.25, 0.3) is 0 Å². The Kier molecular flexibility index (Phi) is 6.33. The Morgan fingerprint density at radius 2 is 2.46 bits per heavy atom. The van der Waals surface area contributed by atoms with Gasteiger partial charge in [0.05, 0.1) is 4.58 Å². The summed E-state index contributed by atoms with van der Waals surface area (Å²) in [6.07, 6.45) is 1.20. The lowest BCUT2D eigenvalue weighted by Crippen LogP contribution is -2.09. The highest BCUT2D eigenvalue weighted by molar-refractivity contribution is 8.20. The van der Waals surface area contributed by atoms with Crippen LogP contribution in [0.5, 0.6) is 0 Å². The summed E-state index contributed by atoms with van der Waals surface area (Å²) < 4.78 is 5.35. The normalized spacial score (nSPS) is 26.2. The van der Waals surface area contributed by atoms with Gasteiger partial charge in [0, 0.05) is 17.1 Å². The fourth-order valence-electron chi connectivity index (χ4n) is 0.877. The Balaban J connectivity index is 0.00000144. The van der Waals surface area contributed by atoms with Gasteiger partial charge in [0.15, 0.2) is 0 Å². The molecular weight excluding hydrogens is 204 g/mol. The van der Waals surface area contributed by atoms with Crippen molar-refractivity contribution in [3.63, 3.8) is 0 Å². The lowest BCUT2D eigenvalue weighted by molar-refractivity contribution is -0.137. The third kappa shape index (κ3) is 4.62. The van der Waals surface area contributed by atoms with Crippen molar-refractivity contribution < 1.29 is 9.53 Å². The molecule has 1 aliphatic heterocycles.